The molecule has 1 aromatic rings. The van der Waals surface area contributed by atoms with Crippen molar-refractivity contribution in [2.24, 2.45) is 0 Å². The minimum absolute atomic E-state index is 0.217. The van der Waals surface area contributed by atoms with Crippen LogP contribution >= 0.6 is 0 Å². The van der Waals surface area contributed by atoms with Gasteiger partial charge in [-0.2, -0.15) is 0 Å². The first kappa shape index (κ1) is 18.7. The fraction of sp³-hybridized carbons (Fsp3) is 0.737. The van der Waals surface area contributed by atoms with E-state index in [0.29, 0.717) is 6.61 Å². The van der Waals surface area contributed by atoms with Gasteiger partial charge in [-0.1, -0.05) is 6.07 Å². The number of ether oxygens (including phenoxy) is 2. The number of rotatable bonds is 5. The van der Waals surface area contributed by atoms with E-state index in [1.807, 2.05) is 13.0 Å². The zero-order valence-electron chi connectivity index (χ0n) is 15.9. The third-order valence-corrected chi connectivity index (χ3v) is 4.95. The van der Waals surface area contributed by atoms with E-state index in [-0.39, 0.29) is 5.60 Å². The highest BCUT2D eigenvalue weighted by molar-refractivity contribution is 5.10. The molecule has 2 saturated heterocycles. The van der Waals surface area contributed by atoms with Crippen LogP contribution in [-0.4, -0.2) is 98.5 Å². The van der Waals surface area contributed by atoms with Crippen molar-refractivity contribution in [1.82, 2.24) is 19.7 Å². The molecule has 0 N–H and O–H groups in total. The zero-order valence-corrected chi connectivity index (χ0v) is 15.9. The average molecular weight is 348 g/mol. The van der Waals surface area contributed by atoms with Crippen molar-refractivity contribution < 1.29 is 9.47 Å². The van der Waals surface area contributed by atoms with Crippen molar-refractivity contribution in [3.8, 4) is 0 Å². The summed E-state index contributed by atoms with van der Waals surface area (Å²) in [6.45, 7) is 11.1. The fourth-order valence-electron chi connectivity index (χ4n) is 3.67. The predicted octanol–water partition coefficient (Wildman–Crippen LogP) is 0.855. The van der Waals surface area contributed by atoms with Crippen molar-refractivity contribution in [3.63, 3.8) is 0 Å². The molecule has 0 amide bonds. The molecule has 0 unspecified atom stereocenters. The van der Waals surface area contributed by atoms with Gasteiger partial charge in [0, 0.05) is 51.5 Å². The minimum atomic E-state index is -0.217. The normalized spacial score (nSPS) is 26.2. The molecule has 1 spiro atoms. The summed E-state index contributed by atoms with van der Waals surface area (Å²) in [5.41, 5.74) is 1.99. The lowest BCUT2D eigenvalue weighted by Crippen LogP contribution is -2.58. The highest BCUT2D eigenvalue weighted by Crippen LogP contribution is 2.23. The van der Waals surface area contributed by atoms with Gasteiger partial charge in [0.1, 0.15) is 5.60 Å². The molecule has 0 radical (unpaired) electrons. The number of aromatic nitrogens is 1. The van der Waals surface area contributed by atoms with Gasteiger partial charge < -0.3 is 14.4 Å². The molecule has 0 bridgehead atoms. The topological polar surface area (TPSA) is 41.1 Å². The molecule has 1 atom stereocenters. The van der Waals surface area contributed by atoms with Crippen LogP contribution in [0.3, 0.4) is 0 Å². The smallest absolute Gasteiger partial charge is 0.117 e. The maximum absolute atomic E-state index is 6.27. The monoisotopic (exact) mass is 348 g/mol. The molecular formula is C19H32N4O2. The van der Waals surface area contributed by atoms with Crippen LogP contribution in [-0.2, 0) is 16.0 Å². The summed E-state index contributed by atoms with van der Waals surface area (Å²) in [6, 6.07) is 6.25. The van der Waals surface area contributed by atoms with E-state index in [0.717, 1.165) is 70.4 Å². The van der Waals surface area contributed by atoms with Gasteiger partial charge in [-0.05, 0) is 33.2 Å². The Morgan fingerprint density at radius 3 is 2.76 bits per heavy atom. The SMILES string of the molecule is Cc1cccc(CN2CCO[C@@]3(COCCN(CCN(C)C)C3)C2)n1. The molecule has 25 heavy (non-hydrogen) atoms. The van der Waals surface area contributed by atoms with Crippen LogP contribution in [0.5, 0.6) is 0 Å². The van der Waals surface area contributed by atoms with Gasteiger partial charge >= 0.3 is 0 Å². The predicted molar refractivity (Wildman–Crippen MR) is 98.7 cm³/mol. The number of hydrogen-bond donors (Lipinski definition) is 0. The molecule has 6 heteroatoms. The Kier molecular flexibility index (Phi) is 6.41. The van der Waals surface area contributed by atoms with Gasteiger partial charge in [-0.25, -0.2) is 0 Å². The summed E-state index contributed by atoms with van der Waals surface area (Å²) in [4.78, 5) is 11.8. The van der Waals surface area contributed by atoms with E-state index in [4.69, 9.17) is 9.47 Å². The number of hydrogen-bond acceptors (Lipinski definition) is 6. The van der Waals surface area contributed by atoms with Crippen LogP contribution < -0.4 is 0 Å². The molecule has 6 nitrogen and oxygen atoms in total. The summed E-state index contributed by atoms with van der Waals surface area (Å²) < 4.78 is 12.2. The summed E-state index contributed by atoms with van der Waals surface area (Å²) >= 11 is 0. The van der Waals surface area contributed by atoms with Crippen molar-refractivity contribution in [2.45, 2.75) is 19.1 Å². The second kappa shape index (κ2) is 8.56. The largest absolute Gasteiger partial charge is 0.377 e. The Labute approximate surface area is 151 Å². The fourth-order valence-corrected chi connectivity index (χ4v) is 3.67. The molecule has 3 rings (SSSR count). The molecule has 1 aromatic heterocycles. The van der Waals surface area contributed by atoms with Crippen molar-refractivity contribution in [1.29, 1.82) is 0 Å². The summed E-state index contributed by atoms with van der Waals surface area (Å²) in [6.07, 6.45) is 0. The number of likely N-dealkylation sites (N-methyl/N-ethyl adjacent to an activating group) is 1. The molecule has 3 heterocycles. The van der Waals surface area contributed by atoms with E-state index in [2.05, 4.69) is 45.9 Å². The molecule has 0 aliphatic carbocycles. The summed E-state index contributed by atoms with van der Waals surface area (Å²) in [7, 11) is 4.25. The standard InChI is InChI=1S/C19H32N4O2/c1-17-5-4-6-18(20-17)13-23-10-12-25-19(15-23)14-22(8-7-21(2)3)9-11-24-16-19/h4-6H,7-16H2,1-3H3/t19-/m1/s1. The van der Waals surface area contributed by atoms with Crippen molar-refractivity contribution in [3.05, 3.63) is 29.6 Å². The molecule has 2 fully saturated rings. The lowest BCUT2D eigenvalue weighted by molar-refractivity contribution is -0.143. The second-order valence-corrected chi connectivity index (χ2v) is 7.64. The van der Waals surface area contributed by atoms with Gasteiger partial charge in [0.25, 0.3) is 0 Å². The Morgan fingerprint density at radius 2 is 1.96 bits per heavy atom. The Hall–Kier alpha value is -1.05. The van der Waals surface area contributed by atoms with Gasteiger partial charge in [0.05, 0.1) is 25.5 Å². The van der Waals surface area contributed by atoms with E-state index >= 15 is 0 Å². The van der Waals surface area contributed by atoms with Crippen molar-refractivity contribution >= 4 is 0 Å². The van der Waals surface area contributed by atoms with Crippen LogP contribution in [0, 0.1) is 6.92 Å². The highest BCUT2D eigenvalue weighted by Gasteiger charge is 2.40. The molecule has 0 saturated carbocycles. The van der Waals surface area contributed by atoms with Crippen LogP contribution in [0.25, 0.3) is 0 Å². The van der Waals surface area contributed by atoms with Crippen LogP contribution in [0.2, 0.25) is 0 Å². The quantitative estimate of drug-likeness (QED) is 0.786. The Balaban J connectivity index is 1.63. The summed E-state index contributed by atoms with van der Waals surface area (Å²) in [5.74, 6) is 0. The lowest BCUT2D eigenvalue weighted by atomic mass is 10.0. The molecular weight excluding hydrogens is 316 g/mol. The second-order valence-electron chi connectivity index (χ2n) is 7.64. The highest BCUT2D eigenvalue weighted by atomic mass is 16.5. The first-order valence-electron chi connectivity index (χ1n) is 9.28. The average Bonchev–Trinajstić information content (AvgIpc) is 2.75. The third-order valence-electron chi connectivity index (χ3n) is 4.95. The van der Waals surface area contributed by atoms with E-state index < -0.39 is 0 Å². The van der Waals surface area contributed by atoms with Crippen molar-refractivity contribution in [2.75, 3.05) is 73.2 Å². The number of pyridine rings is 1. The van der Waals surface area contributed by atoms with Gasteiger partial charge in [0.15, 0.2) is 0 Å². The first-order chi connectivity index (χ1) is 12.0. The van der Waals surface area contributed by atoms with Crippen LogP contribution in [0.15, 0.2) is 18.2 Å². The Morgan fingerprint density at radius 1 is 1.16 bits per heavy atom. The van der Waals surface area contributed by atoms with Crippen LogP contribution in [0.1, 0.15) is 11.4 Å². The van der Waals surface area contributed by atoms with Crippen LogP contribution in [0.4, 0.5) is 0 Å². The van der Waals surface area contributed by atoms with Gasteiger partial charge in [0.2, 0.25) is 0 Å². The molecule has 2 aliphatic heterocycles. The van der Waals surface area contributed by atoms with E-state index in [1.54, 1.807) is 0 Å². The van der Waals surface area contributed by atoms with E-state index in [1.165, 1.54) is 0 Å². The van der Waals surface area contributed by atoms with E-state index in [9.17, 15) is 0 Å². The van der Waals surface area contributed by atoms with Gasteiger partial charge in [-0.15, -0.1) is 0 Å². The molecule has 2 aliphatic rings. The molecule has 0 aromatic carbocycles. The Bertz CT molecular complexity index is 554. The third kappa shape index (κ3) is 5.46. The summed E-state index contributed by atoms with van der Waals surface area (Å²) in [5, 5.41) is 0. The minimum Gasteiger partial charge on any atom is -0.377 e. The molecule has 140 valence electrons. The van der Waals surface area contributed by atoms with Gasteiger partial charge in [-0.3, -0.25) is 14.8 Å². The first-order valence-corrected chi connectivity index (χ1v) is 9.28. The number of morpholine rings is 1. The maximum Gasteiger partial charge on any atom is 0.117 e. The number of aryl methyl sites for hydroxylation is 1. The number of nitrogens with zero attached hydrogens (tertiary/aromatic N) is 4. The zero-order chi connectivity index (χ0) is 17.7. The maximum atomic E-state index is 6.27. The lowest BCUT2D eigenvalue weighted by Gasteiger charge is -2.43.